The van der Waals surface area contributed by atoms with E-state index in [1.807, 2.05) is 45.0 Å². The summed E-state index contributed by atoms with van der Waals surface area (Å²) in [6.45, 7) is 13.7. The van der Waals surface area contributed by atoms with Crippen LogP contribution in [-0.2, 0) is 6.54 Å². The SMILES string of the molecule is CCNC(=NCc1cccc(C(=O)NC(C)(C)C)c1)NC(C)c1cccc(N2CCCC2)c1.I. The number of aliphatic imine (C=N–C) groups is 1. The van der Waals surface area contributed by atoms with Crippen LogP contribution in [0.3, 0.4) is 0 Å². The van der Waals surface area contributed by atoms with Crippen molar-refractivity contribution in [3.63, 3.8) is 0 Å². The van der Waals surface area contributed by atoms with Crippen LogP contribution in [-0.4, -0.2) is 37.0 Å². The first-order chi connectivity index (χ1) is 15.7. The third kappa shape index (κ3) is 8.49. The molecule has 1 aliphatic rings. The summed E-state index contributed by atoms with van der Waals surface area (Å²) in [4.78, 5) is 19.7. The van der Waals surface area contributed by atoms with Crippen molar-refractivity contribution in [2.75, 3.05) is 24.5 Å². The Labute approximate surface area is 222 Å². The number of hydrogen-bond acceptors (Lipinski definition) is 3. The lowest BCUT2D eigenvalue weighted by molar-refractivity contribution is 0.0919. The predicted octanol–water partition coefficient (Wildman–Crippen LogP) is 5.25. The Bertz CT molecular complexity index is 963. The maximum absolute atomic E-state index is 12.5. The molecular weight excluding hydrogens is 537 g/mol. The number of nitrogens with one attached hydrogen (secondary N) is 3. The Kier molecular flexibility index (Phi) is 10.7. The molecule has 186 valence electrons. The number of benzene rings is 2. The van der Waals surface area contributed by atoms with Gasteiger partial charge in [-0.3, -0.25) is 4.79 Å². The van der Waals surface area contributed by atoms with Crippen molar-refractivity contribution in [2.45, 2.75) is 65.6 Å². The van der Waals surface area contributed by atoms with Gasteiger partial charge in [-0.2, -0.15) is 0 Å². The summed E-state index contributed by atoms with van der Waals surface area (Å²) in [5.41, 5.74) is 3.92. The van der Waals surface area contributed by atoms with Crippen LogP contribution >= 0.6 is 24.0 Å². The smallest absolute Gasteiger partial charge is 0.251 e. The van der Waals surface area contributed by atoms with E-state index in [-0.39, 0.29) is 41.5 Å². The van der Waals surface area contributed by atoms with Crippen LogP contribution in [0.25, 0.3) is 0 Å². The number of rotatable bonds is 7. The molecule has 34 heavy (non-hydrogen) atoms. The highest BCUT2D eigenvalue weighted by Gasteiger charge is 2.16. The number of guanidine groups is 1. The van der Waals surface area contributed by atoms with Crippen LogP contribution in [0.15, 0.2) is 53.5 Å². The lowest BCUT2D eigenvalue weighted by Crippen LogP contribution is -2.40. The van der Waals surface area contributed by atoms with E-state index in [1.165, 1.54) is 24.1 Å². The number of anilines is 1. The fourth-order valence-corrected chi connectivity index (χ4v) is 3.97. The van der Waals surface area contributed by atoms with Gasteiger partial charge in [0.25, 0.3) is 5.91 Å². The standard InChI is InChI=1S/C27H39N5O.HI/c1-6-28-26(29-19-21-11-9-13-23(17-21)25(33)31-27(3,4)5)30-20(2)22-12-10-14-24(18-22)32-15-7-8-16-32;/h9-14,17-18,20H,6-8,15-16,19H2,1-5H3,(H,31,33)(H2,28,29,30);1H. The summed E-state index contributed by atoms with van der Waals surface area (Å²) in [6.07, 6.45) is 2.54. The normalized spacial score (nSPS) is 14.9. The highest BCUT2D eigenvalue weighted by Crippen LogP contribution is 2.24. The molecule has 2 aromatic rings. The number of carbonyl (C=O) groups excluding carboxylic acids is 1. The van der Waals surface area contributed by atoms with E-state index < -0.39 is 0 Å². The first-order valence-electron chi connectivity index (χ1n) is 12.1. The molecule has 0 spiro atoms. The molecule has 1 heterocycles. The van der Waals surface area contributed by atoms with E-state index in [0.29, 0.717) is 12.1 Å². The van der Waals surface area contributed by atoms with Crippen molar-refractivity contribution < 1.29 is 4.79 Å². The molecule has 3 rings (SSSR count). The van der Waals surface area contributed by atoms with Crippen LogP contribution in [0.4, 0.5) is 5.69 Å². The first kappa shape index (κ1) is 28.0. The second-order valence-corrected chi connectivity index (χ2v) is 9.75. The Morgan fingerprint density at radius 3 is 2.47 bits per heavy atom. The van der Waals surface area contributed by atoms with Crippen molar-refractivity contribution >= 4 is 41.5 Å². The molecule has 3 N–H and O–H groups in total. The van der Waals surface area contributed by atoms with E-state index in [4.69, 9.17) is 4.99 Å². The summed E-state index contributed by atoms with van der Waals surface area (Å²) >= 11 is 0. The van der Waals surface area contributed by atoms with Gasteiger partial charge >= 0.3 is 0 Å². The number of hydrogen-bond donors (Lipinski definition) is 3. The minimum atomic E-state index is -0.268. The zero-order chi connectivity index (χ0) is 23.8. The van der Waals surface area contributed by atoms with Gasteiger partial charge in [0.2, 0.25) is 0 Å². The number of halogens is 1. The predicted molar refractivity (Wildman–Crippen MR) is 153 cm³/mol. The third-order valence-corrected chi connectivity index (χ3v) is 5.64. The van der Waals surface area contributed by atoms with E-state index in [2.05, 4.69) is 59.0 Å². The molecule has 1 amide bonds. The van der Waals surface area contributed by atoms with E-state index in [0.717, 1.165) is 31.2 Å². The van der Waals surface area contributed by atoms with Crippen molar-refractivity contribution in [2.24, 2.45) is 4.99 Å². The van der Waals surface area contributed by atoms with Gasteiger partial charge < -0.3 is 20.9 Å². The number of nitrogens with zero attached hydrogens (tertiary/aromatic N) is 2. The maximum atomic E-state index is 12.5. The zero-order valence-corrected chi connectivity index (χ0v) is 23.5. The largest absolute Gasteiger partial charge is 0.372 e. The molecule has 0 radical (unpaired) electrons. The van der Waals surface area contributed by atoms with Crippen LogP contribution in [0.5, 0.6) is 0 Å². The van der Waals surface area contributed by atoms with E-state index in [9.17, 15) is 4.79 Å². The molecule has 1 atom stereocenters. The Hall–Kier alpha value is -2.29. The minimum absolute atomic E-state index is 0. The van der Waals surface area contributed by atoms with Gasteiger partial charge in [0.1, 0.15) is 0 Å². The van der Waals surface area contributed by atoms with Gasteiger partial charge in [0, 0.05) is 36.4 Å². The molecule has 0 bridgehead atoms. The quantitative estimate of drug-likeness (QED) is 0.239. The molecule has 1 aliphatic heterocycles. The van der Waals surface area contributed by atoms with E-state index >= 15 is 0 Å². The second kappa shape index (κ2) is 13.0. The summed E-state index contributed by atoms with van der Waals surface area (Å²) in [6, 6.07) is 16.6. The van der Waals surface area contributed by atoms with Crippen molar-refractivity contribution in [3.8, 4) is 0 Å². The Balaban J connectivity index is 0.00000408. The summed E-state index contributed by atoms with van der Waals surface area (Å²) in [5, 5.41) is 9.89. The third-order valence-electron chi connectivity index (χ3n) is 5.64. The van der Waals surface area contributed by atoms with Gasteiger partial charge in [0.15, 0.2) is 5.96 Å². The average Bonchev–Trinajstić information content (AvgIpc) is 3.32. The number of carbonyl (C=O) groups is 1. The average molecular weight is 578 g/mol. The molecule has 7 heteroatoms. The Morgan fingerprint density at radius 2 is 1.79 bits per heavy atom. The molecule has 2 aromatic carbocycles. The van der Waals surface area contributed by atoms with Crippen LogP contribution in [0, 0.1) is 0 Å². The molecular formula is C27H40IN5O. The molecule has 6 nitrogen and oxygen atoms in total. The van der Waals surface area contributed by atoms with Crippen LogP contribution < -0.4 is 20.9 Å². The summed E-state index contributed by atoms with van der Waals surface area (Å²) in [7, 11) is 0. The first-order valence-corrected chi connectivity index (χ1v) is 12.1. The summed E-state index contributed by atoms with van der Waals surface area (Å²) in [5.74, 6) is 0.700. The molecule has 1 saturated heterocycles. The highest BCUT2D eigenvalue weighted by atomic mass is 127. The monoisotopic (exact) mass is 577 g/mol. The number of amides is 1. The van der Waals surface area contributed by atoms with Gasteiger partial charge in [-0.25, -0.2) is 4.99 Å². The van der Waals surface area contributed by atoms with Crippen LogP contribution in [0.2, 0.25) is 0 Å². The lowest BCUT2D eigenvalue weighted by Gasteiger charge is -2.22. The minimum Gasteiger partial charge on any atom is -0.372 e. The van der Waals surface area contributed by atoms with Crippen molar-refractivity contribution in [1.29, 1.82) is 0 Å². The topological polar surface area (TPSA) is 68.8 Å². The van der Waals surface area contributed by atoms with Crippen LogP contribution in [0.1, 0.15) is 75.0 Å². The fraction of sp³-hybridized carbons (Fsp3) is 0.481. The van der Waals surface area contributed by atoms with Crippen molar-refractivity contribution in [1.82, 2.24) is 16.0 Å². The molecule has 1 fully saturated rings. The molecule has 0 aliphatic carbocycles. The molecule has 1 unspecified atom stereocenters. The van der Waals surface area contributed by atoms with Gasteiger partial charge in [-0.15, -0.1) is 24.0 Å². The lowest BCUT2D eigenvalue weighted by atomic mass is 10.1. The molecule has 0 aromatic heterocycles. The summed E-state index contributed by atoms with van der Waals surface area (Å²) < 4.78 is 0. The van der Waals surface area contributed by atoms with Gasteiger partial charge in [-0.05, 0) is 82.9 Å². The van der Waals surface area contributed by atoms with Gasteiger partial charge in [-0.1, -0.05) is 24.3 Å². The zero-order valence-electron chi connectivity index (χ0n) is 21.1. The second-order valence-electron chi connectivity index (χ2n) is 9.75. The van der Waals surface area contributed by atoms with E-state index in [1.54, 1.807) is 0 Å². The van der Waals surface area contributed by atoms with Crippen molar-refractivity contribution in [3.05, 3.63) is 65.2 Å². The Morgan fingerprint density at radius 1 is 1.09 bits per heavy atom. The van der Waals surface area contributed by atoms with Gasteiger partial charge in [0.05, 0.1) is 12.6 Å². The fourth-order valence-electron chi connectivity index (χ4n) is 3.97. The maximum Gasteiger partial charge on any atom is 0.251 e. The molecule has 0 saturated carbocycles. The highest BCUT2D eigenvalue weighted by molar-refractivity contribution is 14.0.